The minimum Gasteiger partial charge on any atom is -0.388 e. The summed E-state index contributed by atoms with van der Waals surface area (Å²) in [6.45, 7) is -0.368. The number of hydrogen-bond acceptors (Lipinski definition) is 4. The van der Waals surface area contributed by atoms with Gasteiger partial charge in [-0.15, -0.1) is 5.10 Å². The van der Waals surface area contributed by atoms with E-state index in [-0.39, 0.29) is 6.54 Å². The van der Waals surface area contributed by atoms with Crippen molar-refractivity contribution < 1.29 is 9.50 Å². The summed E-state index contributed by atoms with van der Waals surface area (Å²) in [4.78, 5) is 0. The van der Waals surface area contributed by atoms with Crippen LogP contribution in [0.4, 0.5) is 4.39 Å². The molecule has 1 unspecified atom stereocenters. The first kappa shape index (κ1) is 9.08. The quantitative estimate of drug-likeness (QED) is 0.618. The summed E-state index contributed by atoms with van der Waals surface area (Å²) in [6.07, 6.45) is 0.566. The van der Waals surface area contributed by atoms with Crippen LogP contribution in [-0.2, 0) is 13.1 Å². The van der Waals surface area contributed by atoms with Crippen molar-refractivity contribution in [1.29, 1.82) is 0 Å². The van der Waals surface area contributed by atoms with Gasteiger partial charge in [0.05, 0.1) is 12.2 Å². The molecule has 5 nitrogen and oxygen atoms in total. The van der Waals surface area contributed by atoms with E-state index in [1.54, 1.807) is 6.20 Å². The zero-order valence-electron chi connectivity index (χ0n) is 6.52. The Morgan fingerprint density at radius 3 is 3.00 bits per heavy atom. The van der Waals surface area contributed by atoms with Gasteiger partial charge in [-0.3, -0.25) is 0 Å². The van der Waals surface area contributed by atoms with Crippen LogP contribution in [0.1, 0.15) is 5.69 Å². The number of alkyl halides is 1. The molecular formula is C6H11FN4O. The van der Waals surface area contributed by atoms with Crippen molar-refractivity contribution in [3.05, 3.63) is 11.9 Å². The van der Waals surface area contributed by atoms with E-state index in [0.29, 0.717) is 12.2 Å². The average Bonchev–Trinajstić information content (AvgIpc) is 2.52. The molecule has 0 saturated carbocycles. The maximum absolute atomic E-state index is 11.8. The van der Waals surface area contributed by atoms with Crippen LogP contribution in [0.3, 0.4) is 0 Å². The highest BCUT2D eigenvalue weighted by Gasteiger charge is 2.05. The molecule has 6 heteroatoms. The van der Waals surface area contributed by atoms with Gasteiger partial charge in [0.1, 0.15) is 12.8 Å². The molecular weight excluding hydrogens is 163 g/mol. The second kappa shape index (κ2) is 4.13. The summed E-state index contributed by atoms with van der Waals surface area (Å²) in [5.41, 5.74) is 5.90. The molecule has 1 aromatic heterocycles. The lowest BCUT2D eigenvalue weighted by Crippen LogP contribution is -2.18. The topological polar surface area (TPSA) is 77.0 Å². The van der Waals surface area contributed by atoms with E-state index in [4.69, 9.17) is 10.8 Å². The predicted octanol–water partition coefficient (Wildman–Crippen LogP) is -0.933. The number of aliphatic hydroxyl groups excluding tert-OH is 1. The van der Waals surface area contributed by atoms with Gasteiger partial charge in [-0.2, -0.15) is 0 Å². The van der Waals surface area contributed by atoms with Crippen molar-refractivity contribution in [2.45, 2.75) is 19.2 Å². The number of nitrogens with two attached hydrogens (primary N) is 1. The normalized spacial score (nSPS) is 13.2. The molecule has 0 spiro atoms. The Labute approximate surface area is 69.0 Å². The first-order chi connectivity index (χ1) is 5.76. The van der Waals surface area contributed by atoms with E-state index in [2.05, 4.69) is 10.3 Å². The monoisotopic (exact) mass is 174 g/mol. The van der Waals surface area contributed by atoms with Crippen molar-refractivity contribution >= 4 is 0 Å². The van der Waals surface area contributed by atoms with Crippen molar-refractivity contribution in [3.63, 3.8) is 0 Å². The van der Waals surface area contributed by atoms with Gasteiger partial charge in [0, 0.05) is 12.7 Å². The molecule has 0 amide bonds. The minimum atomic E-state index is -1.02. The Bertz CT molecular complexity index is 239. The highest BCUT2D eigenvalue weighted by atomic mass is 19.1. The minimum absolute atomic E-state index is 0.115. The Morgan fingerprint density at radius 2 is 2.50 bits per heavy atom. The van der Waals surface area contributed by atoms with Crippen LogP contribution in [0.2, 0.25) is 0 Å². The molecule has 0 aliphatic rings. The second-order valence-electron chi connectivity index (χ2n) is 2.44. The molecule has 0 aliphatic heterocycles. The van der Waals surface area contributed by atoms with Crippen LogP contribution in [-0.4, -0.2) is 32.9 Å². The van der Waals surface area contributed by atoms with Crippen molar-refractivity contribution in [1.82, 2.24) is 15.0 Å². The van der Waals surface area contributed by atoms with Gasteiger partial charge >= 0.3 is 0 Å². The summed E-state index contributed by atoms with van der Waals surface area (Å²) >= 11 is 0. The molecule has 1 atom stereocenters. The fourth-order valence-electron chi connectivity index (χ4n) is 0.786. The average molecular weight is 174 g/mol. The van der Waals surface area contributed by atoms with Gasteiger partial charge in [0.15, 0.2) is 0 Å². The lowest BCUT2D eigenvalue weighted by Gasteiger charge is -2.03. The first-order valence-electron chi connectivity index (χ1n) is 3.59. The van der Waals surface area contributed by atoms with Crippen LogP contribution in [0.25, 0.3) is 0 Å². The molecule has 0 fully saturated rings. The fraction of sp³-hybridized carbons (Fsp3) is 0.667. The Kier molecular flexibility index (Phi) is 3.12. The largest absolute Gasteiger partial charge is 0.388 e. The number of nitrogens with zero attached hydrogens (tertiary/aromatic N) is 3. The number of aliphatic hydroxyl groups is 1. The lowest BCUT2D eigenvalue weighted by molar-refractivity contribution is 0.117. The van der Waals surface area contributed by atoms with E-state index in [9.17, 15) is 4.39 Å². The van der Waals surface area contributed by atoms with Crippen LogP contribution in [0, 0.1) is 0 Å². The number of aromatic nitrogens is 3. The van der Waals surface area contributed by atoms with Gasteiger partial charge in [-0.1, -0.05) is 5.21 Å². The van der Waals surface area contributed by atoms with Gasteiger partial charge < -0.3 is 10.8 Å². The molecule has 0 aliphatic carbocycles. The molecule has 1 rings (SSSR count). The van der Waals surface area contributed by atoms with E-state index in [0.717, 1.165) is 0 Å². The summed E-state index contributed by atoms with van der Waals surface area (Å²) in [5, 5.41) is 16.2. The van der Waals surface area contributed by atoms with Gasteiger partial charge in [-0.25, -0.2) is 9.07 Å². The van der Waals surface area contributed by atoms with Crippen molar-refractivity contribution in [3.8, 4) is 0 Å². The highest BCUT2D eigenvalue weighted by Crippen LogP contribution is 1.94. The van der Waals surface area contributed by atoms with Crippen LogP contribution in [0.15, 0.2) is 6.20 Å². The smallest absolute Gasteiger partial charge is 0.117 e. The molecule has 0 radical (unpaired) electrons. The SMILES string of the molecule is NCc1cn(CC(O)CF)nn1. The Hall–Kier alpha value is -1.01. The molecule has 0 aromatic carbocycles. The maximum atomic E-state index is 11.8. The third-order valence-electron chi connectivity index (χ3n) is 1.37. The molecule has 0 bridgehead atoms. The maximum Gasteiger partial charge on any atom is 0.117 e. The third kappa shape index (κ3) is 2.24. The van der Waals surface area contributed by atoms with Crippen LogP contribution < -0.4 is 5.73 Å². The number of halogens is 1. The Balaban J connectivity index is 2.52. The fourth-order valence-corrected chi connectivity index (χ4v) is 0.786. The zero-order valence-corrected chi connectivity index (χ0v) is 6.52. The summed E-state index contributed by atoms with van der Waals surface area (Å²) in [5.74, 6) is 0. The number of rotatable bonds is 4. The molecule has 3 N–H and O–H groups in total. The second-order valence-corrected chi connectivity index (χ2v) is 2.44. The summed E-state index contributed by atoms with van der Waals surface area (Å²) in [6, 6.07) is 0. The molecule has 68 valence electrons. The third-order valence-corrected chi connectivity index (χ3v) is 1.37. The predicted molar refractivity (Wildman–Crippen MR) is 39.9 cm³/mol. The molecule has 1 heterocycles. The first-order valence-corrected chi connectivity index (χ1v) is 3.59. The van der Waals surface area contributed by atoms with Crippen molar-refractivity contribution in [2.24, 2.45) is 5.73 Å². The highest BCUT2D eigenvalue weighted by molar-refractivity contribution is 4.90. The zero-order chi connectivity index (χ0) is 8.97. The van der Waals surface area contributed by atoms with Crippen molar-refractivity contribution in [2.75, 3.05) is 6.67 Å². The summed E-state index contributed by atoms with van der Waals surface area (Å²) < 4.78 is 13.2. The van der Waals surface area contributed by atoms with Crippen LogP contribution in [0.5, 0.6) is 0 Å². The standard InChI is InChI=1S/C6H11FN4O/c7-1-6(12)4-11-3-5(2-8)9-10-11/h3,6,12H,1-2,4,8H2. The van der Waals surface area contributed by atoms with E-state index in [1.807, 2.05) is 0 Å². The van der Waals surface area contributed by atoms with Gasteiger partial charge in [0.25, 0.3) is 0 Å². The van der Waals surface area contributed by atoms with Crippen LogP contribution >= 0.6 is 0 Å². The van der Waals surface area contributed by atoms with E-state index >= 15 is 0 Å². The molecule has 0 saturated heterocycles. The molecule has 12 heavy (non-hydrogen) atoms. The molecule has 1 aromatic rings. The van der Waals surface area contributed by atoms with Gasteiger partial charge in [0.2, 0.25) is 0 Å². The Morgan fingerprint density at radius 1 is 1.75 bits per heavy atom. The number of hydrogen-bond donors (Lipinski definition) is 2. The van der Waals surface area contributed by atoms with Gasteiger partial charge in [-0.05, 0) is 0 Å². The van der Waals surface area contributed by atoms with E-state index in [1.165, 1.54) is 4.68 Å². The lowest BCUT2D eigenvalue weighted by atomic mass is 10.4. The summed E-state index contributed by atoms with van der Waals surface area (Å²) in [7, 11) is 0. The van der Waals surface area contributed by atoms with E-state index < -0.39 is 12.8 Å².